The fraction of sp³-hybridized carbons (Fsp3) is 0.797. The second kappa shape index (κ2) is 30.0. The van der Waals surface area contributed by atoms with E-state index in [0.717, 1.165) is 36.8 Å². The highest BCUT2D eigenvalue weighted by Crippen LogP contribution is 2.73. The first-order valence-electron chi connectivity index (χ1n) is 34.2. The molecule has 10 aliphatic rings. The molecule has 0 radical (unpaired) electrons. The number of hydrogen-bond acceptors (Lipinski definition) is 27. The van der Waals surface area contributed by atoms with Gasteiger partial charge in [-0.1, -0.05) is 58.5 Å². The molecule has 20 unspecified atom stereocenters. The monoisotopic (exact) mass is 1550 g/mol. The standard InChI is InChI=1S/C37H52O17S3.C27H44N2O14S2/c1-19(2)14-29(38)52-32-31(54-57(47,48)49)30(53-56(44,45)46)27(18-55(42,43)24-9-6-20(3)7-10-24)51-35(32)50-23-15-25(34(40)41)26-12-13-37-16-22(21(4)33(37)39)8-11-28(37)36(26,5)17-23;1-13-14-3-4-19-26(2)11-15(9-16(24(32)33)17(26)5-6-27(19,10-14)23(13)31)40-25-20(30)22(43-45(37,38)39)21(42-44(34,35)36)18(41-25)12-29-8-7-28/h6-7,9-10,19,22-23,25-28,30-33,35,39H,4,8,11-18H2,1-3,5H3,(H,40,41)(H,44,45,46)(H,47,48,49);14-23,25,29-31H,1,3-12,28H2,2H3,(H,32,33)(H,34,35,36)(H,37,38,39)/t22?,23?,25?,26?,27-,28?,30+,31?,32?,33-,35?,36?,37?;14?,15?,16?,17?,18-,19?,20?,21+,22?,23-,25?,26?,27?/m00/s1. The summed E-state index contributed by atoms with van der Waals surface area (Å²) in [6.45, 7) is 17.5. The molecule has 4 bridgehead atoms. The first kappa shape index (κ1) is 80.7. The molecule has 38 heteroatoms. The van der Waals surface area contributed by atoms with Crippen molar-refractivity contribution in [1.82, 2.24) is 5.32 Å². The van der Waals surface area contributed by atoms with Crippen molar-refractivity contribution in [3.8, 4) is 0 Å². The number of hydrogen-bond donors (Lipinski definition) is 11. The van der Waals surface area contributed by atoms with E-state index >= 15 is 0 Å². The van der Waals surface area contributed by atoms with Gasteiger partial charge in [0.2, 0.25) is 0 Å². The van der Waals surface area contributed by atoms with Crippen molar-refractivity contribution in [2.45, 2.75) is 222 Å². The molecule has 1 aromatic carbocycles. The molecule has 2 spiro atoms. The van der Waals surface area contributed by atoms with Gasteiger partial charge in [-0.05, 0) is 172 Å². The van der Waals surface area contributed by atoms with Gasteiger partial charge in [0.15, 0.2) is 34.6 Å². The van der Waals surface area contributed by atoms with E-state index in [4.69, 9.17) is 37.8 Å². The zero-order chi connectivity index (χ0) is 75.2. The van der Waals surface area contributed by atoms with Crippen molar-refractivity contribution < 1.29 is 141 Å². The predicted octanol–water partition coefficient (Wildman–Crippen LogP) is 3.08. The number of benzene rings is 1. The van der Waals surface area contributed by atoms with Crippen molar-refractivity contribution in [2.24, 2.45) is 80.7 Å². The quantitative estimate of drug-likeness (QED) is 0.0233. The Balaban J connectivity index is 0.000000226. The van der Waals surface area contributed by atoms with Gasteiger partial charge in [0.25, 0.3) is 0 Å². The van der Waals surface area contributed by atoms with Crippen molar-refractivity contribution in [3.63, 3.8) is 0 Å². The summed E-state index contributed by atoms with van der Waals surface area (Å²) >= 11 is 0. The lowest BCUT2D eigenvalue weighted by Crippen LogP contribution is -2.64. The summed E-state index contributed by atoms with van der Waals surface area (Å²) in [4.78, 5) is 38.6. The van der Waals surface area contributed by atoms with Crippen molar-refractivity contribution >= 4 is 69.3 Å². The molecule has 26 atom stereocenters. The average Bonchev–Trinajstić information content (AvgIpc) is 1.38. The molecule has 8 aliphatic carbocycles. The molecule has 8 saturated carbocycles. The molecule has 33 nitrogen and oxygen atoms in total. The summed E-state index contributed by atoms with van der Waals surface area (Å²) < 4.78 is 211. The minimum Gasteiger partial charge on any atom is -0.481 e. The van der Waals surface area contributed by atoms with Crippen LogP contribution in [0.5, 0.6) is 0 Å². The summed E-state index contributed by atoms with van der Waals surface area (Å²) in [5.41, 5.74) is 5.54. The Hall–Kier alpha value is -3.82. The van der Waals surface area contributed by atoms with Gasteiger partial charge in [0.1, 0.15) is 36.6 Å². The fourth-order valence-corrected chi connectivity index (χ4v) is 23.9. The molecule has 12 N–H and O–H groups in total. The number of sulfone groups is 1. The molecule has 2 aliphatic heterocycles. The van der Waals surface area contributed by atoms with E-state index in [0.29, 0.717) is 50.5 Å². The Kier molecular flexibility index (Phi) is 23.7. The summed E-state index contributed by atoms with van der Waals surface area (Å²) in [6, 6.07) is 5.54. The molecule has 11 rings (SSSR count). The van der Waals surface area contributed by atoms with Crippen LogP contribution in [0.1, 0.15) is 130 Å². The third kappa shape index (κ3) is 16.7. The van der Waals surface area contributed by atoms with Gasteiger partial charge in [-0.25, -0.2) is 25.2 Å². The van der Waals surface area contributed by atoms with E-state index in [1.807, 2.05) is 13.8 Å². The molecular formula is C64H96N2O31S5. The topological polar surface area (TPSA) is 525 Å². The van der Waals surface area contributed by atoms with E-state index in [1.165, 1.54) is 24.3 Å². The second-order valence-corrected chi connectivity index (χ2v) is 37.0. The van der Waals surface area contributed by atoms with Crippen LogP contribution in [0.3, 0.4) is 0 Å². The van der Waals surface area contributed by atoms with Crippen molar-refractivity contribution in [2.75, 3.05) is 25.4 Å². The number of carboxylic acid groups (broad SMARTS) is 2. The molecule has 10 fully saturated rings. The van der Waals surface area contributed by atoms with Crippen LogP contribution in [0.15, 0.2) is 53.5 Å². The highest BCUT2D eigenvalue weighted by molar-refractivity contribution is 7.91. The van der Waals surface area contributed by atoms with E-state index < -0.39 is 194 Å². The minimum atomic E-state index is -5.58. The van der Waals surface area contributed by atoms with Gasteiger partial charge < -0.3 is 60.3 Å². The number of carbonyl (C=O) groups is 3. The Morgan fingerprint density at radius 3 is 1.48 bits per heavy atom. The fourth-order valence-electron chi connectivity index (χ4n) is 20.4. The van der Waals surface area contributed by atoms with E-state index in [-0.39, 0.29) is 91.6 Å². The smallest absolute Gasteiger partial charge is 0.397 e. The van der Waals surface area contributed by atoms with Crippen LogP contribution in [-0.2, 0) is 106 Å². The molecule has 1 aromatic rings. The number of carbonyl (C=O) groups excluding carboxylic acids is 1. The van der Waals surface area contributed by atoms with Crippen LogP contribution in [0.4, 0.5) is 0 Å². The number of nitrogens with one attached hydrogen (secondary N) is 1. The Bertz CT molecular complexity index is 3900. The van der Waals surface area contributed by atoms with Gasteiger partial charge in [-0.2, -0.15) is 33.7 Å². The minimum absolute atomic E-state index is 0.0314. The predicted molar refractivity (Wildman–Crippen MR) is 352 cm³/mol. The maximum Gasteiger partial charge on any atom is 0.397 e. The molecule has 2 heterocycles. The zero-order valence-corrected chi connectivity index (χ0v) is 61.1. The average molecular weight is 1550 g/mol. The lowest BCUT2D eigenvalue weighted by molar-refractivity contribution is -0.309. The molecule has 2 saturated heterocycles. The van der Waals surface area contributed by atoms with E-state index in [1.54, 1.807) is 20.8 Å². The van der Waals surface area contributed by atoms with Crippen LogP contribution < -0.4 is 11.1 Å². The maximum atomic E-state index is 13.8. The van der Waals surface area contributed by atoms with E-state index in [2.05, 4.69) is 26.8 Å². The number of nitrogens with two attached hydrogens (primary N) is 1. The molecule has 0 amide bonds. The zero-order valence-electron chi connectivity index (χ0n) is 57.1. The molecular weight excluding hydrogens is 1450 g/mol. The van der Waals surface area contributed by atoms with Crippen molar-refractivity contribution in [3.05, 3.63) is 54.1 Å². The molecule has 102 heavy (non-hydrogen) atoms. The Morgan fingerprint density at radius 1 is 0.608 bits per heavy atom. The van der Waals surface area contributed by atoms with Gasteiger partial charge in [0, 0.05) is 36.9 Å². The lowest BCUT2D eigenvalue weighted by Gasteiger charge is -2.62. The largest absolute Gasteiger partial charge is 0.481 e. The number of ether oxygens (including phenoxy) is 5. The number of aryl methyl sites for hydroxylation is 1. The first-order valence-corrected chi connectivity index (χ1v) is 41.4. The highest BCUT2D eigenvalue weighted by atomic mass is 32.3. The SMILES string of the molecule is C=C1C2CCC3C4(C)CC(OC5O[C@@H](CNCCN)[C@@H](OS(=O)(=O)O)C(OS(=O)(=O)O)C5O)CC(C(=O)O)C4CCC3(C2)[C@H]1O.C=C1C2CCC3C4(C)CC(OC5O[C@@H](CS(=O)(=O)c6ccc(C)cc6)[C@@H](OS(=O)(=O)O)C(OS(=O)(=O)O)C5OC(=O)CC(C)C)CC(C(=O)O)C4CCC3(C2)[C@H]1O. The van der Waals surface area contributed by atoms with Gasteiger partial charge in [-0.3, -0.25) is 32.6 Å². The van der Waals surface area contributed by atoms with Crippen LogP contribution in [-0.4, -0.2) is 215 Å². The number of esters is 1. The number of carboxylic acids is 2. The van der Waals surface area contributed by atoms with Crippen LogP contribution >= 0.6 is 0 Å². The van der Waals surface area contributed by atoms with Crippen LogP contribution in [0.2, 0.25) is 0 Å². The molecule has 578 valence electrons. The van der Waals surface area contributed by atoms with Gasteiger partial charge >= 0.3 is 59.5 Å². The summed E-state index contributed by atoms with van der Waals surface area (Å²) in [5.74, 6) is -6.67. The highest BCUT2D eigenvalue weighted by Gasteiger charge is 2.69. The third-order valence-corrected chi connectivity index (χ3v) is 27.9. The van der Waals surface area contributed by atoms with Gasteiger partial charge in [-0.15, -0.1) is 0 Å². The van der Waals surface area contributed by atoms with Crippen LogP contribution in [0.25, 0.3) is 0 Å². The van der Waals surface area contributed by atoms with E-state index in [9.17, 15) is 100 Å². The second-order valence-electron chi connectivity index (χ2n) is 30.7. The first-order chi connectivity index (χ1) is 47.2. The summed E-state index contributed by atoms with van der Waals surface area (Å²) in [7, 11) is -26.1. The number of aliphatic carboxylic acids is 2. The number of aliphatic hydroxyl groups excluding tert-OH is 3. The van der Waals surface area contributed by atoms with Crippen molar-refractivity contribution in [1.29, 1.82) is 0 Å². The lowest BCUT2D eigenvalue weighted by atomic mass is 9.43. The van der Waals surface area contributed by atoms with Gasteiger partial charge in [0.05, 0.1) is 46.9 Å². The normalized spacial score (nSPS) is 41.3. The Labute approximate surface area is 594 Å². The van der Waals surface area contributed by atoms with Crippen LogP contribution in [0, 0.1) is 81.8 Å². The number of aliphatic hydroxyl groups is 3. The maximum absolute atomic E-state index is 13.8. The summed E-state index contributed by atoms with van der Waals surface area (Å²) in [5, 5.41) is 57.9. The summed E-state index contributed by atoms with van der Waals surface area (Å²) in [6.07, 6.45) is -16.3. The molecule has 0 aromatic heterocycles. The number of rotatable bonds is 24. The third-order valence-electron chi connectivity index (χ3n) is 24.3. The Morgan fingerprint density at radius 2 is 1.04 bits per heavy atom. The number of fused-ring (bicyclic) bond motifs is 6.